The van der Waals surface area contributed by atoms with Gasteiger partial charge in [-0.05, 0) is 22.3 Å². The summed E-state index contributed by atoms with van der Waals surface area (Å²) < 4.78 is 15.5. The first kappa shape index (κ1) is 20.0. The van der Waals surface area contributed by atoms with Crippen LogP contribution in [0.25, 0.3) is 11.1 Å². The van der Waals surface area contributed by atoms with Gasteiger partial charge in [0.2, 0.25) is 0 Å². The van der Waals surface area contributed by atoms with Gasteiger partial charge >= 0.3 is 11.9 Å². The summed E-state index contributed by atoms with van der Waals surface area (Å²) in [4.78, 5) is 22.5. The van der Waals surface area contributed by atoms with Gasteiger partial charge in [-0.2, -0.15) is 0 Å². The van der Waals surface area contributed by atoms with Crippen LogP contribution in [0.2, 0.25) is 0 Å². The molecule has 0 heterocycles. The number of carboxylic acids is 1. The molecule has 3 rings (SSSR count). The van der Waals surface area contributed by atoms with Crippen molar-refractivity contribution >= 4 is 11.9 Å². The fraction of sp³-hybridized carbons (Fsp3) is 0.333. The molecule has 2 aromatic rings. The van der Waals surface area contributed by atoms with Crippen molar-refractivity contribution in [2.45, 2.75) is 12.0 Å². The third-order valence-electron chi connectivity index (χ3n) is 4.55. The molecular formula is C21H23NO6. The molecule has 0 spiro atoms. The van der Waals surface area contributed by atoms with Gasteiger partial charge in [0.25, 0.3) is 0 Å². The summed E-state index contributed by atoms with van der Waals surface area (Å²) in [5.41, 5.74) is 10.4. The molecule has 1 aliphatic rings. The number of rotatable bonds is 10. The standard InChI is InChI=1S/C21H23NO6/c22-19(12-26-9-10-27-13-20(23)24)21(25)28-11-18-16-7-3-1-5-14(16)15-6-2-4-8-17(15)18/h1-8,18-19H,9-13,22H2,(H,23,24). The Hall–Kier alpha value is -2.74. The highest BCUT2D eigenvalue weighted by molar-refractivity contribution is 5.79. The summed E-state index contributed by atoms with van der Waals surface area (Å²) in [6.45, 7) is 0.0680. The van der Waals surface area contributed by atoms with Crippen molar-refractivity contribution in [2.75, 3.05) is 33.0 Å². The second kappa shape index (κ2) is 9.45. The Bertz CT molecular complexity index is 792. The number of benzene rings is 2. The number of hydrogen-bond acceptors (Lipinski definition) is 6. The summed E-state index contributed by atoms with van der Waals surface area (Å²) >= 11 is 0. The summed E-state index contributed by atoms with van der Waals surface area (Å²) in [6, 6.07) is 15.3. The third kappa shape index (κ3) is 4.75. The van der Waals surface area contributed by atoms with Crippen LogP contribution in [-0.4, -0.2) is 56.1 Å². The normalized spacial score (nSPS) is 13.6. The van der Waals surface area contributed by atoms with Gasteiger partial charge in [0.15, 0.2) is 0 Å². The van der Waals surface area contributed by atoms with Crippen LogP contribution in [0.4, 0.5) is 0 Å². The first-order valence-electron chi connectivity index (χ1n) is 9.05. The molecule has 0 radical (unpaired) electrons. The molecule has 28 heavy (non-hydrogen) atoms. The molecule has 1 unspecified atom stereocenters. The van der Waals surface area contributed by atoms with E-state index in [1.807, 2.05) is 36.4 Å². The van der Waals surface area contributed by atoms with E-state index < -0.39 is 18.0 Å². The monoisotopic (exact) mass is 385 g/mol. The lowest BCUT2D eigenvalue weighted by molar-refractivity contribution is -0.147. The van der Waals surface area contributed by atoms with Gasteiger partial charge in [0, 0.05) is 5.92 Å². The van der Waals surface area contributed by atoms with Gasteiger partial charge in [-0.15, -0.1) is 0 Å². The molecular weight excluding hydrogens is 362 g/mol. The van der Waals surface area contributed by atoms with Crippen LogP contribution in [0.5, 0.6) is 0 Å². The van der Waals surface area contributed by atoms with E-state index in [1.54, 1.807) is 0 Å². The highest BCUT2D eigenvalue weighted by atomic mass is 16.5. The van der Waals surface area contributed by atoms with Crippen molar-refractivity contribution in [3.63, 3.8) is 0 Å². The first-order chi connectivity index (χ1) is 13.6. The van der Waals surface area contributed by atoms with Crippen LogP contribution in [0.3, 0.4) is 0 Å². The van der Waals surface area contributed by atoms with E-state index in [4.69, 9.17) is 25.1 Å². The maximum atomic E-state index is 12.2. The molecule has 1 atom stereocenters. The maximum Gasteiger partial charge on any atom is 0.329 e. The van der Waals surface area contributed by atoms with Crippen molar-refractivity contribution in [3.8, 4) is 11.1 Å². The van der Waals surface area contributed by atoms with Gasteiger partial charge in [-0.3, -0.25) is 4.79 Å². The molecule has 0 bridgehead atoms. The number of aliphatic carboxylic acids is 1. The highest BCUT2D eigenvalue weighted by Crippen LogP contribution is 2.44. The van der Waals surface area contributed by atoms with Crippen LogP contribution in [-0.2, 0) is 23.8 Å². The Labute approximate surface area is 163 Å². The van der Waals surface area contributed by atoms with Crippen LogP contribution in [0.1, 0.15) is 17.0 Å². The number of carbonyl (C=O) groups excluding carboxylic acids is 1. The Morgan fingerprint density at radius 3 is 2.14 bits per heavy atom. The van der Waals surface area contributed by atoms with Gasteiger partial charge in [0.1, 0.15) is 19.3 Å². The third-order valence-corrected chi connectivity index (χ3v) is 4.55. The largest absolute Gasteiger partial charge is 0.480 e. The van der Waals surface area contributed by atoms with Crippen molar-refractivity contribution in [1.82, 2.24) is 0 Å². The Kier molecular flexibility index (Phi) is 6.76. The summed E-state index contributed by atoms with van der Waals surface area (Å²) in [5, 5.41) is 8.46. The van der Waals surface area contributed by atoms with E-state index in [-0.39, 0.29) is 39.0 Å². The predicted octanol–water partition coefficient (Wildman–Crippen LogP) is 1.79. The molecule has 0 aliphatic heterocycles. The second-order valence-electron chi connectivity index (χ2n) is 6.48. The molecule has 0 fully saturated rings. The zero-order valence-electron chi connectivity index (χ0n) is 15.4. The minimum absolute atomic E-state index is 0.0195. The Balaban J connectivity index is 1.49. The number of carboxylic acid groups (broad SMARTS) is 1. The number of fused-ring (bicyclic) bond motifs is 3. The van der Waals surface area contributed by atoms with Gasteiger partial charge < -0.3 is 25.1 Å². The highest BCUT2D eigenvalue weighted by Gasteiger charge is 2.29. The molecule has 0 aromatic heterocycles. The summed E-state index contributed by atoms with van der Waals surface area (Å²) in [7, 11) is 0. The summed E-state index contributed by atoms with van der Waals surface area (Å²) in [5.74, 6) is -1.60. The van der Waals surface area contributed by atoms with Gasteiger partial charge in [-0.1, -0.05) is 48.5 Å². The first-order valence-corrected chi connectivity index (χ1v) is 9.05. The zero-order valence-corrected chi connectivity index (χ0v) is 15.4. The number of nitrogens with two attached hydrogens (primary N) is 1. The number of hydrogen-bond donors (Lipinski definition) is 2. The number of esters is 1. The lowest BCUT2D eigenvalue weighted by atomic mass is 9.98. The van der Waals surface area contributed by atoms with Crippen molar-refractivity contribution in [2.24, 2.45) is 5.73 Å². The molecule has 0 saturated heterocycles. The van der Waals surface area contributed by atoms with E-state index in [0.717, 1.165) is 22.3 Å². The Morgan fingerprint density at radius 2 is 1.54 bits per heavy atom. The molecule has 1 aliphatic carbocycles. The smallest absolute Gasteiger partial charge is 0.329 e. The average molecular weight is 385 g/mol. The van der Waals surface area contributed by atoms with Crippen LogP contribution >= 0.6 is 0 Å². The number of ether oxygens (including phenoxy) is 3. The minimum Gasteiger partial charge on any atom is -0.480 e. The summed E-state index contributed by atoms with van der Waals surface area (Å²) in [6.07, 6.45) is 0. The molecule has 2 aromatic carbocycles. The number of carbonyl (C=O) groups is 2. The van der Waals surface area contributed by atoms with E-state index >= 15 is 0 Å². The fourth-order valence-electron chi connectivity index (χ4n) is 3.27. The molecule has 0 saturated carbocycles. The molecule has 7 heteroatoms. The Morgan fingerprint density at radius 1 is 0.964 bits per heavy atom. The van der Waals surface area contributed by atoms with E-state index in [1.165, 1.54) is 0 Å². The second-order valence-corrected chi connectivity index (χ2v) is 6.48. The molecule has 7 nitrogen and oxygen atoms in total. The SMILES string of the molecule is NC(COCCOCC(=O)O)C(=O)OCC1c2ccccc2-c2ccccc21. The maximum absolute atomic E-state index is 12.2. The van der Waals surface area contributed by atoms with Crippen molar-refractivity contribution in [1.29, 1.82) is 0 Å². The van der Waals surface area contributed by atoms with Gasteiger partial charge in [0.05, 0.1) is 19.8 Å². The van der Waals surface area contributed by atoms with E-state index in [0.29, 0.717) is 0 Å². The zero-order chi connectivity index (χ0) is 19.9. The lowest BCUT2D eigenvalue weighted by Gasteiger charge is -2.16. The lowest BCUT2D eigenvalue weighted by Crippen LogP contribution is -2.37. The van der Waals surface area contributed by atoms with E-state index in [2.05, 4.69) is 12.1 Å². The average Bonchev–Trinajstić information content (AvgIpc) is 3.02. The van der Waals surface area contributed by atoms with Crippen LogP contribution < -0.4 is 5.73 Å². The fourth-order valence-corrected chi connectivity index (χ4v) is 3.27. The van der Waals surface area contributed by atoms with Crippen LogP contribution in [0, 0.1) is 0 Å². The van der Waals surface area contributed by atoms with Gasteiger partial charge in [-0.25, -0.2) is 4.79 Å². The van der Waals surface area contributed by atoms with E-state index in [9.17, 15) is 9.59 Å². The van der Waals surface area contributed by atoms with Crippen molar-refractivity contribution in [3.05, 3.63) is 59.7 Å². The van der Waals surface area contributed by atoms with Crippen molar-refractivity contribution < 1.29 is 28.9 Å². The molecule has 3 N–H and O–H groups in total. The quantitative estimate of drug-likeness (QED) is 0.474. The molecule has 0 amide bonds. The topological polar surface area (TPSA) is 108 Å². The predicted molar refractivity (Wildman–Crippen MR) is 102 cm³/mol. The van der Waals surface area contributed by atoms with Crippen LogP contribution in [0.15, 0.2) is 48.5 Å². The molecule has 148 valence electrons. The minimum atomic E-state index is -1.05.